The Morgan fingerprint density at radius 2 is 1.53 bits per heavy atom. The number of sulfonamides is 1. The Balaban J connectivity index is 1.59. The van der Waals surface area contributed by atoms with Crippen LogP contribution in [0.25, 0.3) is 0 Å². The third-order valence-corrected chi connectivity index (χ3v) is 8.34. The lowest BCUT2D eigenvalue weighted by atomic mass is 10.0. The van der Waals surface area contributed by atoms with Gasteiger partial charge in [-0.3, -0.25) is 9.21 Å². The third kappa shape index (κ3) is 4.89. The number of aryl methyl sites for hydroxylation is 3. The molecule has 1 aliphatic rings. The molecule has 0 radical (unpaired) electrons. The summed E-state index contributed by atoms with van der Waals surface area (Å²) in [6.45, 7) is 8.67. The van der Waals surface area contributed by atoms with Gasteiger partial charge in [0.2, 0.25) is 0 Å². The van der Waals surface area contributed by atoms with E-state index in [-0.39, 0.29) is 6.04 Å². The van der Waals surface area contributed by atoms with Crippen molar-refractivity contribution in [3.05, 3.63) is 95.1 Å². The molecule has 168 valence electrons. The number of nitrogens with zero attached hydrogens (tertiary/aromatic N) is 2. The first-order valence-corrected chi connectivity index (χ1v) is 12.7. The van der Waals surface area contributed by atoms with Gasteiger partial charge < -0.3 is 0 Å². The molecule has 0 saturated carbocycles. The molecule has 4 nitrogen and oxygen atoms in total. The summed E-state index contributed by atoms with van der Waals surface area (Å²) in [5, 5.41) is 0. The van der Waals surface area contributed by atoms with E-state index in [1.54, 1.807) is 16.4 Å². The topological polar surface area (TPSA) is 40.6 Å². The van der Waals surface area contributed by atoms with E-state index in [1.807, 2.05) is 50.2 Å². The average Bonchev–Trinajstić information content (AvgIpc) is 2.77. The number of likely N-dealkylation sites (tertiary alicyclic amines) is 1. The van der Waals surface area contributed by atoms with Crippen molar-refractivity contribution in [2.45, 2.75) is 51.1 Å². The van der Waals surface area contributed by atoms with Crippen LogP contribution in [-0.2, 0) is 16.6 Å². The Hall–Kier alpha value is -2.63. The highest BCUT2D eigenvalue weighted by Crippen LogP contribution is 2.32. The molecule has 3 aromatic rings. The lowest BCUT2D eigenvalue weighted by molar-refractivity contribution is 0.206. The first kappa shape index (κ1) is 22.6. The maximum atomic E-state index is 13.9. The van der Waals surface area contributed by atoms with Gasteiger partial charge in [-0.2, -0.15) is 0 Å². The Morgan fingerprint density at radius 3 is 2.19 bits per heavy atom. The highest BCUT2D eigenvalue weighted by atomic mass is 32.2. The van der Waals surface area contributed by atoms with Crippen LogP contribution in [0.3, 0.4) is 0 Å². The SMILES string of the molecule is Cc1ccc(N(C2CCN(Cc3cccc(C)c3)CC2)S(=O)(=O)c2ccccc2C)cc1. The lowest BCUT2D eigenvalue weighted by Gasteiger charge is -2.39. The number of benzene rings is 3. The zero-order valence-electron chi connectivity index (χ0n) is 19.2. The molecule has 3 aromatic carbocycles. The second kappa shape index (κ2) is 9.47. The van der Waals surface area contributed by atoms with Crippen molar-refractivity contribution in [1.29, 1.82) is 0 Å². The Labute approximate surface area is 192 Å². The Kier molecular flexibility index (Phi) is 6.68. The predicted molar refractivity (Wildman–Crippen MR) is 132 cm³/mol. The van der Waals surface area contributed by atoms with Crippen LogP contribution < -0.4 is 4.31 Å². The van der Waals surface area contributed by atoms with E-state index in [9.17, 15) is 8.42 Å². The van der Waals surface area contributed by atoms with E-state index in [0.29, 0.717) is 4.90 Å². The number of anilines is 1. The van der Waals surface area contributed by atoms with Crippen molar-refractivity contribution in [3.63, 3.8) is 0 Å². The molecule has 32 heavy (non-hydrogen) atoms. The largest absolute Gasteiger partial charge is 0.299 e. The third-order valence-electron chi connectivity index (χ3n) is 6.30. The quantitative estimate of drug-likeness (QED) is 0.502. The molecule has 0 bridgehead atoms. The first-order chi connectivity index (χ1) is 15.3. The van der Waals surface area contributed by atoms with Crippen LogP contribution in [-0.4, -0.2) is 32.4 Å². The second-order valence-corrected chi connectivity index (χ2v) is 10.7. The maximum absolute atomic E-state index is 13.9. The summed E-state index contributed by atoms with van der Waals surface area (Å²) in [5.74, 6) is 0. The van der Waals surface area contributed by atoms with Crippen molar-refractivity contribution in [2.24, 2.45) is 0 Å². The van der Waals surface area contributed by atoms with Crippen molar-refractivity contribution < 1.29 is 8.42 Å². The first-order valence-electron chi connectivity index (χ1n) is 11.3. The van der Waals surface area contributed by atoms with Crippen molar-refractivity contribution in [2.75, 3.05) is 17.4 Å². The van der Waals surface area contributed by atoms with Crippen molar-refractivity contribution in [1.82, 2.24) is 4.90 Å². The molecule has 0 unspecified atom stereocenters. The van der Waals surface area contributed by atoms with Gasteiger partial charge in [-0.05, 0) is 62.9 Å². The zero-order valence-corrected chi connectivity index (χ0v) is 20.0. The minimum atomic E-state index is -3.66. The summed E-state index contributed by atoms with van der Waals surface area (Å²) in [6.07, 6.45) is 1.62. The van der Waals surface area contributed by atoms with Crippen LogP contribution in [0.1, 0.15) is 35.1 Å². The maximum Gasteiger partial charge on any atom is 0.264 e. The number of piperidine rings is 1. The molecule has 0 N–H and O–H groups in total. The minimum absolute atomic E-state index is 0.0592. The second-order valence-electron chi connectivity index (χ2n) is 8.90. The minimum Gasteiger partial charge on any atom is -0.299 e. The van der Waals surface area contributed by atoms with E-state index in [4.69, 9.17) is 0 Å². The standard InChI is InChI=1S/C27H32N2O2S/c1-21-11-13-25(14-12-21)29(32(30,31)27-10-5-4-8-23(27)3)26-15-17-28(18-16-26)20-24-9-6-7-22(2)19-24/h4-14,19,26H,15-18,20H2,1-3H3. The molecule has 0 spiro atoms. The fraction of sp³-hybridized carbons (Fsp3) is 0.333. The molecule has 5 heteroatoms. The van der Waals surface area contributed by atoms with E-state index >= 15 is 0 Å². The van der Waals surface area contributed by atoms with E-state index in [0.717, 1.165) is 49.3 Å². The zero-order chi connectivity index (χ0) is 22.7. The fourth-order valence-electron chi connectivity index (χ4n) is 4.57. The smallest absolute Gasteiger partial charge is 0.264 e. The summed E-state index contributed by atoms with van der Waals surface area (Å²) < 4.78 is 29.4. The molecule has 0 atom stereocenters. The highest BCUT2D eigenvalue weighted by molar-refractivity contribution is 7.93. The number of hydrogen-bond acceptors (Lipinski definition) is 3. The fourth-order valence-corrected chi connectivity index (χ4v) is 6.51. The summed E-state index contributed by atoms with van der Waals surface area (Å²) in [7, 11) is -3.66. The van der Waals surface area contributed by atoms with Crippen LogP contribution in [0.4, 0.5) is 5.69 Å². The summed E-state index contributed by atoms with van der Waals surface area (Å²) in [6, 6.07) is 23.7. The predicted octanol–water partition coefficient (Wildman–Crippen LogP) is 5.47. The molecular formula is C27H32N2O2S. The van der Waals surface area contributed by atoms with Gasteiger partial charge in [0.1, 0.15) is 0 Å². The van der Waals surface area contributed by atoms with E-state index in [2.05, 4.69) is 36.1 Å². The summed E-state index contributed by atoms with van der Waals surface area (Å²) in [4.78, 5) is 2.82. The van der Waals surface area contributed by atoms with Crippen LogP contribution in [0, 0.1) is 20.8 Å². The van der Waals surface area contributed by atoms with Gasteiger partial charge in [0, 0.05) is 25.7 Å². The van der Waals surface area contributed by atoms with Crippen LogP contribution in [0.5, 0.6) is 0 Å². The van der Waals surface area contributed by atoms with E-state index < -0.39 is 10.0 Å². The Morgan fingerprint density at radius 1 is 0.844 bits per heavy atom. The normalized spacial score (nSPS) is 15.6. The van der Waals surface area contributed by atoms with Gasteiger partial charge in [0.25, 0.3) is 10.0 Å². The van der Waals surface area contributed by atoms with Gasteiger partial charge in [0.15, 0.2) is 0 Å². The van der Waals surface area contributed by atoms with Gasteiger partial charge in [-0.25, -0.2) is 8.42 Å². The molecule has 1 saturated heterocycles. The molecule has 1 heterocycles. The highest BCUT2D eigenvalue weighted by Gasteiger charge is 2.34. The van der Waals surface area contributed by atoms with E-state index in [1.165, 1.54) is 11.1 Å². The molecular weight excluding hydrogens is 416 g/mol. The molecule has 0 aromatic heterocycles. The van der Waals surface area contributed by atoms with Gasteiger partial charge in [-0.15, -0.1) is 0 Å². The van der Waals surface area contributed by atoms with Gasteiger partial charge in [0.05, 0.1) is 10.6 Å². The van der Waals surface area contributed by atoms with Crippen molar-refractivity contribution >= 4 is 15.7 Å². The van der Waals surface area contributed by atoms with Crippen LogP contribution in [0.2, 0.25) is 0 Å². The Bertz CT molecular complexity index is 1160. The number of rotatable bonds is 6. The lowest BCUT2D eigenvalue weighted by Crippen LogP contribution is -2.47. The molecule has 1 fully saturated rings. The van der Waals surface area contributed by atoms with Crippen molar-refractivity contribution in [3.8, 4) is 0 Å². The van der Waals surface area contributed by atoms with Gasteiger partial charge in [-0.1, -0.05) is 65.7 Å². The summed E-state index contributed by atoms with van der Waals surface area (Å²) >= 11 is 0. The molecule has 4 rings (SSSR count). The monoisotopic (exact) mass is 448 g/mol. The molecule has 1 aliphatic heterocycles. The van der Waals surface area contributed by atoms with Gasteiger partial charge >= 0.3 is 0 Å². The summed E-state index contributed by atoms with van der Waals surface area (Å²) in [5.41, 5.74) is 5.23. The van der Waals surface area contributed by atoms with Crippen LogP contribution >= 0.6 is 0 Å². The molecule has 0 amide bonds. The molecule has 0 aliphatic carbocycles. The van der Waals surface area contributed by atoms with Crippen LogP contribution in [0.15, 0.2) is 77.7 Å². The number of hydrogen-bond donors (Lipinski definition) is 0. The average molecular weight is 449 g/mol.